The lowest BCUT2D eigenvalue weighted by Gasteiger charge is -2.10. The van der Waals surface area contributed by atoms with Gasteiger partial charge in [0, 0.05) is 11.1 Å². The third kappa shape index (κ3) is 2.87. The number of pyridine rings is 1. The van der Waals surface area contributed by atoms with Crippen molar-refractivity contribution in [2.45, 2.75) is 13.8 Å². The number of anilines is 2. The fraction of sp³-hybridized carbons (Fsp3) is 0.118. The number of hydrogen-bond donors (Lipinski definition) is 3. The number of aromatic amines is 1. The van der Waals surface area contributed by atoms with E-state index in [2.05, 4.69) is 10.3 Å². The van der Waals surface area contributed by atoms with Gasteiger partial charge in [-0.05, 0) is 31.0 Å². The standard InChI is InChI=1S/C17H15N3O4S/c1-7-4-3-5-8(2)12(7)19-15(22)13-11(18)9-6-10(17(23)24)14(21)20-16(9)25-13/h3-6H,18H2,1-2H3,(H,19,22)(H,20,21)(H,23,24)/p-1. The number of carbonyl (C=O) groups excluding carboxylic acids is 2. The van der Waals surface area contributed by atoms with Crippen LogP contribution in [0.4, 0.5) is 11.4 Å². The number of aromatic carboxylic acids is 1. The molecule has 0 atom stereocenters. The zero-order chi connectivity index (χ0) is 18.3. The molecule has 0 fully saturated rings. The van der Waals surface area contributed by atoms with E-state index in [4.69, 9.17) is 5.73 Å². The number of carboxylic acids is 1. The van der Waals surface area contributed by atoms with Gasteiger partial charge in [-0.15, -0.1) is 11.3 Å². The van der Waals surface area contributed by atoms with E-state index in [1.165, 1.54) is 0 Å². The minimum absolute atomic E-state index is 0.113. The fourth-order valence-electron chi connectivity index (χ4n) is 2.58. The van der Waals surface area contributed by atoms with Crippen LogP contribution >= 0.6 is 11.3 Å². The largest absolute Gasteiger partial charge is 0.545 e. The maximum Gasteiger partial charge on any atom is 0.267 e. The molecule has 0 bridgehead atoms. The van der Waals surface area contributed by atoms with Gasteiger partial charge in [0.2, 0.25) is 0 Å². The van der Waals surface area contributed by atoms with Crippen molar-refractivity contribution < 1.29 is 14.7 Å². The molecule has 3 rings (SSSR count). The summed E-state index contributed by atoms with van der Waals surface area (Å²) in [6.07, 6.45) is 0. The second kappa shape index (κ2) is 6.06. The number of aromatic nitrogens is 1. The van der Waals surface area contributed by atoms with E-state index in [1.54, 1.807) is 0 Å². The zero-order valence-electron chi connectivity index (χ0n) is 13.4. The van der Waals surface area contributed by atoms with Gasteiger partial charge in [-0.3, -0.25) is 9.59 Å². The molecule has 0 unspecified atom stereocenters. The van der Waals surface area contributed by atoms with Gasteiger partial charge in [-0.1, -0.05) is 18.2 Å². The van der Waals surface area contributed by atoms with Gasteiger partial charge in [-0.2, -0.15) is 0 Å². The van der Waals surface area contributed by atoms with Crippen LogP contribution in [0.3, 0.4) is 0 Å². The number of para-hydroxylation sites is 1. The summed E-state index contributed by atoms with van der Waals surface area (Å²) in [4.78, 5) is 38.3. The number of aryl methyl sites for hydroxylation is 2. The van der Waals surface area contributed by atoms with E-state index >= 15 is 0 Å². The van der Waals surface area contributed by atoms with Crippen LogP contribution in [0.25, 0.3) is 10.2 Å². The summed E-state index contributed by atoms with van der Waals surface area (Å²) in [5.41, 5.74) is 7.29. The Bertz CT molecular complexity index is 1060. The summed E-state index contributed by atoms with van der Waals surface area (Å²) in [7, 11) is 0. The van der Waals surface area contributed by atoms with Crippen LogP contribution in [0.2, 0.25) is 0 Å². The normalized spacial score (nSPS) is 10.8. The summed E-state index contributed by atoms with van der Waals surface area (Å²) >= 11 is 0.992. The molecule has 0 saturated carbocycles. The Hall–Kier alpha value is -3.13. The Morgan fingerprint density at radius 3 is 2.48 bits per heavy atom. The van der Waals surface area contributed by atoms with Crippen molar-refractivity contribution in [1.29, 1.82) is 0 Å². The highest BCUT2D eigenvalue weighted by molar-refractivity contribution is 7.21. The lowest BCUT2D eigenvalue weighted by atomic mass is 10.1. The number of H-pyrrole nitrogens is 1. The van der Waals surface area contributed by atoms with Gasteiger partial charge >= 0.3 is 0 Å². The Labute approximate surface area is 146 Å². The van der Waals surface area contributed by atoms with Crippen LogP contribution in [0.15, 0.2) is 29.1 Å². The number of hydrogen-bond acceptors (Lipinski definition) is 6. The first kappa shape index (κ1) is 16.7. The van der Waals surface area contributed by atoms with Crippen molar-refractivity contribution in [3.63, 3.8) is 0 Å². The van der Waals surface area contributed by atoms with Crippen LogP contribution in [-0.4, -0.2) is 16.9 Å². The quantitative estimate of drug-likeness (QED) is 0.653. The number of carbonyl (C=O) groups is 2. The van der Waals surface area contributed by atoms with Crippen LogP contribution in [0, 0.1) is 13.8 Å². The second-order valence-electron chi connectivity index (χ2n) is 5.61. The van der Waals surface area contributed by atoms with E-state index in [0.29, 0.717) is 15.9 Å². The van der Waals surface area contributed by atoms with Crippen molar-refractivity contribution in [3.05, 3.63) is 56.2 Å². The molecule has 0 aliphatic heterocycles. The zero-order valence-corrected chi connectivity index (χ0v) is 14.2. The van der Waals surface area contributed by atoms with Gasteiger partial charge in [0.05, 0.1) is 17.2 Å². The van der Waals surface area contributed by atoms with Gasteiger partial charge in [0.25, 0.3) is 11.5 Å². The SMILES string of the molecule is Cc1cccc(C)c1NC(=O)c1sc2[nH]c(=O)c(C(=O)[O-])cc2c1N. The molecule has 1 aromatic carbocycles. The van der Waals surface area contributed by atoms with Crippen LogP contribution in [-0.2, 0) is 0 Å². The molecule has 0 saturated heterocycles. The van der Waals surface area contributed by atoms with Gasteiger partial charge in [0.15, 0.2) is 0 Å². The summed E-state index contributed by atoms with van der Waals surface area (Å²) < 4.78 is 0. The van der Waals surface area contributed by atoms with E-state index in [-0.39, 0.29) is 10.6 Å². The highest BCUT2D eigenvalue weighted by Gasteiger charge is 2.19. The van der Waals surface area contributed by atoms with Gasteiger partial charge in [-0.25, -0.2) is 0 Å². The van der Waals surface area contributed by atoms with Crippen molar-refractivity contribution in [3.8, 4) is 0 Å². The smallest absolute Gasteiger partial charge is 0.267 e. The van der Waals surface area contributed by atoms with Gasteiger partial charge in [0.1, 0.15) is 9.71 Å². The molecule has 2 aromatic heterocycles. The van der Waals surface area contributed by atoms with Crippen molar-refractivity contribution in [2.24, 2.45) is 0 Å². The van der Waals surface area contributed by atoms with E-state index in [0.717, 1.165) is 28.5 Å². The maximum atomic E-state index is 12.6. The summed E-state index contributed by atoms with van der Waals surface area (Å²) in [6.45, 7) is 3.75. The Kier molecular flexibility index (Phi) is 4.05. The second-order valence-corrected chi connectivity index (χ2v) is 6.63. The lowest BCUT2D eigenvalue weighted by Crippen LogP contribution is -2.29. The molecule has 25 heavy (non-hydrogen) atoms. The number of nitrogens with one attached hydrogen (secondary N) is 2. The molecular formula is C17H14N3O4S-. The van der Waals surface area contributed by atoms with Gasteiger partial charge < -0.3 is 25.9 Å². The van der Waals surface area contributed by atoms with Crippen molar-refractivity contribution >= 4 is 44.8 Å². The summed E-state index contributed by atoms with van der Waals surface area (Å²) in [6, 6.07) is 6.77. The number of fused-ring (bicyclic) bond motifs is 1. The fourth-order valence-corrected chi connectivity index (χ4v) is 3.57. The molecule has 0 radical (unpaired) electrons. The number of thiophene rings is 1. The predicted molar refractivity (Wildman–Crippen MR) is 95.1 cm³/mol. The van der Waals surface area contributed by atoms with E-state index in [9.17, 15) is 19.5 Å². The molecule has 0 aliphatic rings. The summed E-state index contributed by atoms with van der Waals surface area (Å²) in [5.74, 6) is -2.03. The number of nitrogens with two attached hydrogens (primary N) is 1. The number of amides is 1. The van der Waals surface area contributed by atoms with Crippen LogP contribution in [0.5, 0.6) is 0 Å². The van der Waals surface area contributed by atoms with Crippen molar-refractivity contribution in [1.82, 2.24) is 4.98 Å². The summed E-state index contributed by atoms with van der Waals surface area (Å²) in [5, 5.41) is 14.1. The minimum atomic E-state index is -1.60. The molecular weight excluding hydrogens is 342 g/mol. The third-order valence-corrected chi connectivity index (χ3v) is 5.03. The average molecular weight is 356 g/mol. The molecule has 2 heterocycles. The highest BCUT2D eigenvalue weighted by atomic mass is 32.1. The van der Waals surface area contributed by atoms with E-state index in [1.807, 2.05) is 32.0 Å². The van der Waals surface area contributed by atoms with Crippen molar-refractivity contribution in [2.75, 3.05) is 11.1 Å². The first-order valence-electron chi connectivity index (χ1n) is 7.33. The average Bonchev–Trinajstić information content (AvgIpc) is 2.86. The molecule has 0 aliphatic carbocycles. The molecule has 4 N–H and O–H groups in total. The Balaban J connectivity index is 2.07. The molecule has 0 spiro atoms. The van der Waals surface area contributed by atoms with E-state index < -0.39 is 23.0 Å². The first-order chi connectivity index (χ1) is 11.8. The molecule has 128 valence electrons. The first-order valence-corrected chi connectivity index (χ1v) is 8.15. The Morgan fingerprint density at radius 1 is 1.24 bits per heavy atom. The minimum Gasteiger partial charge on any atom is -0.545 e. The number of carboxylic acid groups (broad SMARTS) is 1. The maximum absolute atomic E-state index is 12.6. The molecule has 7 nitrogen and oxygen atoms in total. The lowest BCUT2D eigenvalue weighted by molar-refractivity contribution is -0.255. The predicted octanol–water partition coefficient (Wildman–Crippen LogP) is 1.40. The highest BCUT2D eigenvalue weighted by Crippen LogP contribution is 2.33. The molecule has 8 heteroatoms. The monoisotopic (exact) mass is 356 g/mol. The number of benzene rings is 1. The number of rotatable bonds is 3. The topological polar surface area (TPSA) is 128 Å². The number of nitrogen functional groups attached to an aromatic ring is 1. The molecule has 1 amide bonds. The van der Waals surface area contributed by atoms with Crippen LogP contribution < -0.4 is 21.7 Å². The Morgan fingerprint density at radius 2 is 1.88 bits per heavy atom. The third-order valence-electron chi connectivity index (χ3n) is 3.89. The molecule has 3 aromatic rings. The van der Waals surface area contributed by atoms with Crippen LogP contribution in [0.1, 0.15) is 31.2 Å².